The highest BCUT2D eigenvalue weighted by Gasteiger charge is 2.30. The van der Waals surface area contributed by atoms with Crippen molar-refractivity contribution in [2.75, 3.05) is 19.6 Å². The van der Waals surface area contributed by atoms with Crippen molar-refractivity contribution in [3.8, 4) is 0 Å². The first-order valence-corrected chi connectivity index (χ1v) is 6.99. The van der Waals surface area contributed by atoms with Gasteiger partial charge in [-0.3, -0.25) is 4.79 Å². The summed E-state index contributed by atoms with van der Waals surface area (Å²) >= 11 is 0. The summed E-state index contributed by atoms with van der Waals surface area (Å²) in [5.74, 6) is -0.216. The van der Waals surface area contributed by atoms with Crippen LogP contribution in [-0.4, -0.2) is 25.5 Å². The van der Waals surface area contributed by atoms with Crippen molar-refractivity contribution in [3.05, 3.63) is 35.4 Å². The number of carbonyl (C=O) groups is 1. The lowest BCUT2D eigenvalue weighted by atomic mass is 9.96. The Morgan fingerprint density at radius 2 is 1.81 bits per heavy atom. The van der Waals surface area contributed by atoms with Crippen LogP contribution in [0.4, 0.5) is 13.2 Å². The van der Waals surface area contributed by atoms with E-state index < -0.39 is 11.7 Å². The normalized spacial score (nSPS) is 13.0. The van der Waals surface area contributed by atoms with Crippen LogP contribution in [0.15, 0.2) is 24.3 Å². The largest absolute Gasteiger partial charge is 0.416 e. The van der Waals surface area contributed by atoms with Crippen molar-refractivity contribution < 1.29 is 18.0 Å². The van der Waals surface area contributed by atoms with Crippen molar-refractivity contribution in [3.63, 3.8) is 0 Å². The minimum Gasteiger partial charge on any atom is -0.355 e. The van der Waals surface area contributed by atoms with Gasteiger partial charge in [0, 0.05) is 19.5 Å². The maximum atomic E-state index is 12.5. The number of alkyl halides is 3. The number of hydrogen-bond donors (Lipinski definition) is 2. The maximum Gasteiger partial charge on any atom is 0.416 e. The number of hydrogen-bond acceptors (Lipinski definition) is 2. The molecule has 118 valence electrons. The Bertz CT molecular complexity index is 443. The molecule has 2 N–H and O–H groups in total. The van der Waals surface area contributed by atoms with Crippen LogP contribution in [0.5, 0.6) is 0 Å². The molecule has 1 unspecified atom stereocenters. The second kappa shape index (κ2) is 8.02. The van der Waals surface area contributed by atoms with E-state index in [4.69, 9.17) is 0 Å². The van der Waals surface area contributed by atoms with Crippen LogP contribution in [-0.2, 0) is 11.0 Å². The van der Waals surface area contributed by atoms with Gasteiger partial charge in [0.15, 0.2) is 0 Å². The molecule has 0 aliphatic carbocycles. The molecule has 1 rings (SSSR count). The molecule has 0 saturated heterocycles. The highest BCUT2D eigenvalue weighted by atomic mass is 19.4. The Morgan fingerprint density at radius 1 is 1.19 bits per heavy atom. The Hall–Kier alpha value is -1.56. The SMILES string of the molecule is CCNCCNC(=O)CC(C)c1ccc(C(F)(F)F)cc1. The van der Waals surface area contributed by atoms with Gasteiger partial charge >= 0.3 is 6.18 Å². The molecule has 21 heavy (non-hydrogen) atoms. The summed E-state index contributed by atoms with van der Waals surface area (Å²) in [6.07, 6.45) is -4.07. The molecule has 1 atom stereocenters. The summed E-state index contributed by atoms with van der Waals surface area (Å²) in [5, 5.41) is 5.86. The van der Waals surface area contributed by atoms with Crippen LogP contribution in [0.25, 0.3) is 0 Å². The molecule has 0 spiro atoms. The van der Waals surface area contributed by atoms with Gasteiger partial charge in [-0.05, 0) is 30.2 Å². The molecule has 0 fully saturated rings. The molecule has 1 amide bonds. The van der Waals surface area contributed by atoms with Crippen LogP contribution in [0.2, 0.25) is 0 Å². The van der Waals surface area contributed by atoms with E-state index in [9.17, 15) is 18.0 Å². The van der Waals surface area contributed by atoms with Crippen molar-refractivity contribution in [2.45, 2.75) is 32.4 Å². The zero-order valence-corrected chi connectivity index (χ0v) is 12.3. The van der Waals surface area contributed by atoms with Gasteiger partial charge in [0.1, 0.15) is 0 Å². The van der Waals surface area contributed by atoms with E-state index in [2.05, 4.69) is 10.6 Å². The second-order valence-corrected chi connectivity index (χ2v) is 4.93. The van der Waals surface area contributed by atoms with E-state index in [-0.39, 0.29) is 18.2 Å². The van der Waals surface area contributed by atoms with E-state index in [0.717, 1.165) is 24.2 Å². The molecule has 0 aliphatic rings. The molecule has 0 heterocycles. The molecule has 1 aromatic carbocycles. The van der Waals surface area contributed by atoms with Gasteiger partial charge in [-0.15, -0.1) is 0 Å². The lowest BCUT2D eigenvalue weighted by Crippen LogP contribution is -2.32. The highest BCUT2D eigenvalue weighted by molar-refractivity contribution is 5.76. The molecule has 0 aromatic heterocycles. The Balaban J connectivity index is 2.48. The van der Waals surface area contributed by atoms with Gasteiger partial charge in [-0.1, -0.05) is 26.0 Å². The van der Waals surface area contributed by atoms with E-state index in [0.29, 0.717) is 13.1 Å². The average molecular weight is 302 g/mol. The highest BCUT2D eigenvalue weighted by Crippen LogP contribution is 2.30. The van der Waals surface area contributed by atoms with E-state index >= 15 is 0 Å². The van der Waals surface area contributed by atoms with Crippen LogP contribution in [0.3, 0.4) is 0 Å². The average Bonchev–Trinajstić information content (AvgIpc) is 2.43. The van der Waals surface area contributed by atoms with Crippen LogP contribution in [0.1, 0.15) is 37.3 Å². The zero-order chi connectivity index (χ0) is 15.9. The van der Waals surface area contributed by atoms with Crippen LogP contribution < -0.4 is 10.6 Å². The van der Waals surface area contributed by atoms with E-state index in [1.165, 1.54) is 12.1 Å². The molecule has 3 nitrogen and oxygen atoms in total. The quantitative estimate of drug-likeness (QED) is 0.760. The van der Waals surface area contributed by atoms with E-state index in [1.54, 1.807) is 0 Å². The number of nitrogens with one attached hydrogen (secondary N) is 2. The lowest BCUT2D eigenvalue weighted by Gasteiger charge is -2.13. The number of carbonyl (C=O) groups excluding carboxylic acids is 1. The molecule has 0 radical (unpaired) electrons. The van der Waals surface area contributed by atoms with Crippen molar-refractivity contribution in [1.29, 1.82) is 0 Å². The molecule has 6 heteroatoms. The minimum absolute atomic E-state index is 0.0969. The predicted molar refractivity (Wildman–Crippen MR) is 76.0 cm³/mol. The summed E-state index contributed by atoms with van der Waals surface area (Å²) in [6, 6.07) is 4.96. The van der Waals surface area contributed by atoms with Gasteiger partial charge in [0.05, 0.1) is 5.56 Å². The van der Waals surface area contributed by atoms with Crippen LogP contribution in [0, 0.1) is 0 Å². The first-order chi connectivity index (χ1) is 9.84. The summed E-state index contributed by atoms with van der Waals surface area (Å²) in [6.45, 7) is 5.90. The third-order valence-corrected chi connectivity index (χ3v) is 3.17. The Labute approximate surface area is 122 Å². The molecule has 0 saturated carbocycles. The van der Waals surface area contributed by atoms with Gasteiger partial charge in [0.2, 0.25) is 5.91 Å². The van der Waals surface area contributed by atoms with Crippen LogP contribution >= 0.6 is 0 Å². The molecule has 0 aliphatic heterocycles. The smallest absolute Gasteiger partial charge is 0.355 e. The fourth-order valence-corrected chi connectivity index (χ4v) is 1.94. The third-order valence-electron chi connectivity index (χ3n) is 3.17. The fourth-order valence-electron chi connectivity index (χ4n) is 1.94. The van der Waals surface area contributed by atoms with Gasteiger partial charge in [-0.2, -0.15) is 13.2 Å². The zero-order valence-electron chi connectivity index (χ0n) is 12.3. The topological polar surface area (TPSA) is 41.1 Å². The third kappa shape index (κ3) is 6.16. The molecular formula is C15H21F3N2O. The Morgan fingerprint density at radius 3 is 2.33 bits per heavy atom. The Kier molecular flexibility index (Phi) is 6.68. The van der Waals surface area contributed by atoms with Gasteiger partial charge in [-0.25, -0.2) is 0 Å². The predicted octanol–water partition coefficient (Wildman–Crippen LogP) is 2.92. The first kappa shape index (κ1) is 17.5. The second-order valence-electron chi connectivity index (χ2n) is 4.93. The van der Waals surface area contributed by atoms with E-state index in [1.807, 2.05) is 13.8 Å². The van der Waals surface area contributed by atoms with Crippen molar-refractivity contribution in [1.82, 2.24) is 10.6 Å². The number of halogens is 3. The maximum absolute atomic E-state index is 12.5. The molecular weight excluding hydrogens is 281 g/mol. The number of amides is 1. The standard InChI is InChI=1S/C15H21F3N2O/c1-3-19-8-9-20-14(21)10-11(2)12-4-6-13(7-5-12)15(16,17)18/h4-7,11,19H,3,8-10H2,1-2H3,(H,20,21). The summed E-state index contributed by atoms with van der Waals surface area (Å²) < 4.78 is 37.4. The van der Waals surface area contributed by atoms with Crippen molar-refractivity contribution in [2.24, 2.45) is 0 Å². The monoisotopic (exact) mass is 302 g/mol. The van der Waals surface area contributed by atoms with Crippen molar-refractivity contribution >= 4 is 5.91 Å². The minimum atomic E-state index is -4.33. The molecule has 0 bridgehead atoms. The number of benzene rings is 1. The number of rotatable bonds is 7. The fraction of sp³-hybridized carbons (Fsp3) is 0.533. The number of likely N-dealkylation sites (N-methyl/N-ethyl adjacent to an activating group) is 1. The first-order valence-electron chi connectivity index (χ1n) is 6.99. The summed E-state index contributed by atoms with van der Waals surface area (Å²) in [5.41, 5.74) is 0.0541. The summed E-state index contributed by atoms with van der Waals surface area (Å²) in [7, 11) is 0. The van der Waals surface area contributed by atoms with Gasteiger partial charge < -0.3 is 10.6 Å². The lowest BCUT2D eigenvalue weighted by molar-refractivity contribution is -0.137. The summed E-state index contributed by atoms with van der Waals surface area (Å²) in [4.78, 5) is 11.7. The molecule has 1 aromatic rings. The van der Waals surface area contributed by atoms with Gasteiger partial charge in [0.25, 0.3) is 0 Å².